The number of methoxy groups -OCH3 is 1. The third-order valence-corrected chi connectivity index (χ3v) is 4.78. The normalized spacial score (nSPS) is 11.8. The van der Waals surface area contributed by atoms with Gasteiger partial charge in [-0.25, -0.2) is 4.79 Å². The lowest BCUT2D eigenvalue weighted by atomic mass is 10.0. The van der Waals surface area contributed by atoms with Crippen LogP contribution in [0.25, 0.3) is 10.4 Å². The Labute approximate surface area is 148 Å². The van der Waals surface area contributed by atoms with E-state index in [0.29, 0.717) is 12.0 Å². The molecule has 0 bridgehead atoms. The average Bonchev–Trinajstić information content (AvgIpc) is 3.07. The van der Waals surface area contributed by atoms with Crippen LogP contribution in [0, 0.1) is 0 Å². The lowest BCUT2D eigenvalue weighted by molar-refractivity contribution is -0.143. The molecule has 0 aliphatic carbocycles. The summed E-state index contributed by atoms with van der Waals surface area (Å²) in [5.74, 6) is -0.695. The van der Waals surface area contributed by atoms with E-state index in [1.165, 1.54) is 7.11 Å². The predicted molar refractivity (Wildman–Crippen MR) is 95.6 cm³/mol. The van der Waals surface area contributed by atoms with E-state index >= 15 is 0 Å². The van der Waals surface area contributed by atoms with Crippen LogP contribution in [0.5, 0.6) is 0 Å². The summed E-state index contributed by atoms with van der Waals surface area (Å²) in [6.45, 7) is 1.96. The fourth-order valence-corrected chi connectivity index (χ4v) is 3.38. The van der Waals surface area contributed by atoms with E-state index in [4.69, 9.17) is 4.74 Å². The van der Waals surface area contributed by atoms with Crippen LogP contribution in [0.4, 0.5) is 0 Å². The molecule has 1 atom stereocenters. The SMILES string of the molecule is CCCC(NC(=O)c1ccc(Br)cc1-c1cccs1)C(=O)OC. The predicted octanol–water partition coefficient (Wildman–Crippen LogP) is 4.25. The van der Waals surface area contributed by atoms with Gasteiger partial charge in [0.15, 0.2) is 0 Å². The first-order valence-corrected chi connectivity index (χ1v) is 8.96. The van der Waals surface area contributed by atoms with Gasteiger partial charge in [0.1, 0.15) is 6.04 Å². The van der Waals surface area contributed by atoms with Crippen molar-refractivity contribution < 1.29 is 14.3 Å². The summed E-state index contributed by atoms with van der Waals surface area (Å²) in [6.07, 6.45) is 1.32. The van der Waals surface area contributed by atoms with E-state index in [0.717, 1.165) is 21.3 Å². The number of halogens is 1. The highest BCUT2D eigenvalue weighted by Gasteiger charge is 2.23. The maximum atomic E-state index is 12.6. The van der Waals surface area contributed by atoms with E-state index in [1.54, 1.807) is 17.4 Å². The summed E-state index contributed by atoms with van der Waals surface area (Å²) < 4.78 is 5.66. The molecule has 1 aromatic carbocycles. The maximum Gasteiger partial charge on any atom is 0.328 e. The van der Waals surface area contributed by atoms with Gasteiger partial charge in [0.2, 0.25) is 0 Å². The summed E-state index contributed by atoms with van der Waals surface area (Å²) in [5, 5.41) is 4.75. The Morgan fingerprint density at radius 3 is 2.74 bits per heavy atom. The second kappa shape index (κ2) is 8.26. The molecule has 0 spiro atoms. The number of ether oxygens (including phenoxy) is 1. The number of amides is 1. The highest BCUT2D eigenvalue weighted by molar-refractivity contribution is 9.10. The van der Waals surface area contributed by atoms with Crippen molar-refractivity contribution >= 4 is 39.1 Å². The number of hydrogen-bond acceptors (Lipinski definition) is 4. The number of benzene rings is 1. The third kappa shape index (κ3) is 4.42. The Morgan fingerprint density at radius 2 is 2.13 bits per heavy atom. The molecule has 0 radical (unpaired) electrons. The number of carbonyl (C=O) groups is 2. The Morgan fingerprint density at radius 1 is 1.35 bits per heavy atom. The van der Waals surface area contributed by atoms with Crippen LogP contribution in [0.15, 0.2) is 40.2 Å². The minimum absolute atomic E-state index is 0.273. The second-order valence-corrected chi connectivity index (χ2v) is 6.87. The van der Waals surface area contributed by atoms with Gasteiger partial charge in [-0.3, -0.25) is 4.79 Å². The Balaban J connectivity index is 2.30. The van der Waals surface area contributed by atoms with Crippen molar-refractivity contribution in [2.24, 2.45) is 0 Å². The van der Waals surface area contributed by atoms with Crippen LogP contribution < -0.4 is 5.32 Å². The van der Waals surface area contributed by atoms with E-state index in [-0.39, 0.29) is 5.91 Å². The fraction of sp³-hybridized carbons (Fsp3) is 0.294. The monoisotopic (exact) mass is 395 g/mol. The highest BCUT2D eigenvalue weighted by Crippen LogP contribution is 2.30. The molecule has 4 nitrogen and oxygen atoms in total. The molecule has 1 unspecified atom stereocenters. The van der Waals surface area contributed by atoms with Gasteiger partial charge in [-0.05, 0) is 36.1 Å². The van der Waals surface area contributed by atoms with E-state index < -0.39 is 12.0 Å². The first kappa shape index (κ1) is 17.7. The van der Waals surface area contributed by atoms with Crippen LogP contribution in [-0.2, 0) is 9.53 Å². The first-order chi connectivity index (χ1) is 11.1. The number of rotatable bonds is 6. The molecule has 6 heteroatoms. The molecule has 1 heterocycles. The Hall–Kier alpha value is -1.66. The Kier molecular flexibility index (Phi) is 6.36. The van der Waals surface area contributed by atoms with Crippen LogP contribution in [0.1, 0.15) is 30.1 Å². The van der Waals surface area contributed by atoms with Crippen molar-refractivity contribution in [3.8, 4) is 10.4 Å². The third-order valence-electron chi connectivity index (χ3n) is 3.38. The van der Waals surface area contributed by atoms with Gasteiger partial charge < -0.3 is 10.1 Å². The van der Waals surface area contributed by atoms with Crippen LogP contribution in [-0.4, -0.2) is 25.0 Å². The summed E-state index contributed by atoms with van der Waals surface area (Å²) in [6, 6.07) is 8.77. The van der Waals surface area contributed by atoms with Crippen LogP contribution >= 0.6 is 27.3 Å². The van der Waals surface area contributed by atoms with Crippen LogP contribution in [0.3, 0.4) is 0 Å². The molecular formula is C17H18BrNO3S. The summed E-state index contributed by atoms with van der Waals surface area (Å²) in [4.78, 5) is 25.4. The first-order valence-electron chi connectivity index (χ1n) is 7.29. The quantitative estimate of drug-likeness (QED) is 0.743. The number of thiophene rings is 1. The van der Waals surface area contributed by atoms with Gasteiger partial charge >= 0.3 is 5.97 Å². The summed E-state index contributed by atoms with van der Waals surface area (Å²) in [5.41, 5.74) is 1.38. The summed E-state index contributed by atoms with van der Waals surface area (Å²) >= 11 is 5.00. The molecule has 1 amide bonds. The van der Waals surface area contributed by atoms with Crippen molar-refractivity contribution in [1.29, 1.82) is 0 Å². The zero-order chi connectivity index (χ0) is 16.8. The second-order valence-electron chi connectivity index (χ2n) is 5.01. The molecule has 2 aromatic rings. The number of hydrogen-bond donors (Lipinski definition) is 1. The number of esters is 1. The fourth-order valence-electron chi connectivity index (χ4n) is 2.27. The zero-order valence-electron chi connectivity index (χ0n) is 13.0. The molecule has 0 aliphatic heterocycles. The molecular weight excluding hydrogens is 378 g/mol. The lowest BCUT2D eigenvalue weighted by Gasteiger charge is -2.17. The highest BCUT2D eigenvalue weighted by atomic mass is 79.9. The molecule has 0 saturated heterocycles. The van der Waals surface area contributed by atoms with E-state index in [1.807, 2.05) is 36.6 Å². The van der Waals surface area contributed by atoms with Crippen molar-refractivity contribution in [2.45, 2.75) is 25.8 Å². The lowest BCUT2D eigenvalue weighted by Crippen LogP contribution is -2.41. The standard InChI is InChI=1S/C17H18BrNO3S/c1-3-5-14(17(21)22-2)19-16(20)12-8-7-11(18)10-13(12)15-6-4-9-23-15/h4,6-10,14H,3,5H2,1-2H3,(H,19,20). The molecule has 0 aliphatic rings. The minimum Gasteiger partial charge on any atom is -0.467 e. The zero-order valence-corrected chi connectivity index (χ0v) is 15.4. The molecule has 122 valence electrons. The number of carbonyl (C=O) groups excluding carboxylic acids is 2. The number of nitrogens with one attached hydrogen (secondary N) is 1. The van der Waals surface area contributed by atoms with Gasteiger partial charge in [0, 0.05) is 20.5 Å². The maximum absolute atomic E-state index is 12.6. The molecule has 1 aromatic heterocycles. The molecule has 0 fully saturated rings. The van der Waals surface area contributed by atoms with Crippen molar-refractivity contribution in [3.63, 3.8) is 0 Å². The van der Waals surface area contributed by atoms with Crippen molar-refractivity contribution in [3.05, 3.63) is 45.7 Å². The molecule has 0 saturated carbocycles. The van der Waals surface area contributed by atoms with Gasteiger partial charge in [-0.15, -0.1) is 11.3 Å². The van der Waals surface area contributed by atoms with Gasteiger partial charge in [0.25, 0.3) is 5.91 Å². The van der Waals surface area contributed by atoms with Crippen LogP contribution in [0.2, 0.25) is 0 Å². The smallest absolute Gasteiger partial charge is 0.328 e. The van der Waals surface area contributed by atoms with E-state index in [2.05, 4.69) is 21.2 Å². The molecule has 2 rings (SSSR count). The minimum atomic E-state index is -0.627. The van der Waals surface area contributed by atoms with Gasteiger partial charge in [-0.2, -0.15) is 0 Å². The molecule has 1 N–H and O–H groups in total. The van der Waals surface area contributed by atoms with E-state index in [9.17, 15) is 9.59 Å². The average molecular weight is 396 g/mol. The van der Waals surface area contributed by atoms with Gasteiger partial charge in [-0.1, -0.05) is 35.3 Å². The van der Waals surface area contributed by atoms with Gasteiger partial charge in [0.05, 0.1) is 7.11 Å². The largest absolute Gasteiger partial charge is 0.467 e. The Bertz CT molecular complexity index is 685. The van der Waals surface area contributed by atoms with Crippen molar-refractivity contribution in [1.82, 2.24) is 5.32 Å². The topological polar surface area (TPSA) is 55.4 Å². The van der Waals surface area contributed by atoms with Crippen molar-refractivity contribution in [2.75, 3.05) is 7.11 Å². The summed E-state index contributed by atoms with van der Waals surface area (Å²) in [7, 11) is 1.33. The molecule has 23 heavy (non-hydrogen) atoms.